The Bertz CT molecular complexity index is 890. The van der Waals surface area contributed by atoms with E-state index in [1.54, 1.807) is 43.5 Å². The number of nitrogens with zero attached hydrogens (tertiary/aromatic N) is 3. The zero-order valence-corrected chi connectivity index (χ0v) is 13.8. The van der Waals surface area contributed by atoms with Gasteiger partial charge in [-0.3, -0.25) is 14.5 Å². The van der Waals surface area contributed by atoms with Crippen LogP contribution in [0, 0.1) is 11.3 Å². The lowest BCUT2D eigenvalue weighted by Crippen LogP contribution is -2.60. The molecule has 0 bridgehead atoms. The van der Waals surface area contributed by atoms with Crippen LogP contribution in [0.4, 0.5) is 11.5 Å². The number of hydrogen-bond donors (Lipinski definition) is 1. The van der Waals surface area contributed by atoms with Crippen molar-refractivity contribution >= 4 is 23.3 Å². The Morgan fingerprint density at radius 1 is 1.40 bits per heavy atom. The number of ether oxygens (including phenoxy) is 1. The number of pyridine rings is 1. The minimum atomic E-state index is -1.73. The molecule has 0 radical (unpaired) electrons. The molecule has 0 saturated heterocycles. The third-order valence-corrected chi connectivity index (χ3v) is 3.97. The molecule has 7 heteroatoms. The van der Waals surface area contributed by atoms with Gasteiger partial charge in [0.15, 0.2) is 11.6 Å². The highest BCUT2D eigenvalue weighted by molar-refractivity contribution is 6.19. The van der Waals surface area contributed by atoms with Crippen molar-refractivity contribution in [3.05, 3.63) is 48.2 Å². The molecule has 1 atom stereocenters. The van der Waals surface area contributed by atoms with E-state index in [0.29, 0.717) is 29.4 Å². The largest absolute Gasteiger partial charge is 0.464 e. The molecule has 1 unspecified atom stereocenters. The first-order valence-electron chi connectivity index (χ1n) is 7.77. The standard InChI is InChI=1S/C18H16N4O3/c1-3-22-15-14(8-5-9-20-15)25-18(2,17(22)24)16(23)21-13-7-4-6-12(10-13)11-19/h4-10H,3H2,1-2H3,(H,21,23). The molecule has 7 nitrogen and oxygen atoms in total. The maximum atomic E-state index is 12.8. The summed E-state index contributed by atoms with van der Waals surface area (Å²) in [6.07, 6.45) is 1.56. The van der Waals surface area contributed by atoms with Crippen molar-refractivity contribution in [2.24, 2.45) is 0 Å². The molecular formula is C18H16N4O3. The summed E-state index contributed by atoms with van der Waals surface area (Å²) in [6, 6.07) is 11.8. The molecule has 1 aliphatic heterocycles. The lowest BCUT2D eigenvalue weighted by Gasteiger charge is -2.38. The topological polar surface area (TPSA) is 95.3 Å². The Morgan fingerprint density at radius 2 is 2.20 bits per heavy atom. The van der Waals surface area contributed by atoms with E-state index >= 15 is 0 Å². The molecule has 126 valence electrons. The van der Waals surface area contributed by atoms with Gasteiger partial charge in [-0.2, -0.15) is 5.26 Å². The lowest BCUT2D eigenvalue weighted by molar-refractivity contribution is -0.145. The van der Waals surface area contributed by atoms with Crippen molar-refractivity contribution in [1.29, 1.82) is 5.26 Å². The second kappa shape index (κ2) is 6.24. The maximum Gasteiger partial charge on any atom is 0.282 e. The van der Waals surface area contributed by atoms with Crippen molar-refractivity contribution in [2.75, 3.05) is 16.8 Å². The van der Waals surface area contributed by atoms with Crippen LogP contribution in [-0.2, 0) is 9.59 Å². The number of carbonyl (C=O) groups is 2. The van der Waals surface area contributed by atoms with Crippen LogP contribution in [0.1, 0.15) is 19.4 Å². The monoisotopic (exact) mass is 336 g/mol. The Kier molecular flexibility index (Phi) is 4.11. The molecule has 0 fully saturated rings. The molecule has 1 aromatic heterocycles. The first-order valence-corrected chi connectivity index (χ1v) is 7.77. The number of aromatic nitrogens is 1. The van der Waals surface area contributed by atoms with Gasteiger partial charge in [-0.15, -0.1) is 0 Å². The number of carbonyl (C=O) groups excluding carboxylic acids is 2. The van der Waals surface area contributed by atoms with Gasteiger partial charge in [0.2, 0.25) is 0 Å². The summed E-state index contributed by atoms with van der Waals surface area (Å²) < 4.78 is 5.72. The molecule has 0 spiro atoms. The lowest BCUT2D eigenvalue weighted by atomic mass is 10.0. The third kappa shape index (κ3) is 2.78. The van der Waals surface area contributed by atoms with E-state index in [-0.39, 0.29) is 0 Å². The number of nitrogens with one attached hydrogen (secondary N) is 1. The third-order valence-electron chi connectivity index (χ3n) is 3.97. The molecule has 2 amide bonds. The van der Waals surface area contributed by atoms with E-state index < -0.39 is 17.4 Å². The van der Waals surface area contributed by atoms with Crippen LogP contribution >= 0.6 is 0 Å². The molecule has 25 heavy (non-hydrogen) atoms. The van der Waals surface area contributed by atoms with Crippen LogP contribution in [0.3, 0.4) is 0 Å². The van der Waals surface area contributed by atoms with Gasteiger partial charge in [0.05, 0.1) is 11.6 Å². The zero-order chi connectivity index (χ0) is 18.0. The molecule has 1 N–H and O–H groups in total. The molecule has 2 heterocycles. The number of hydrogen-bond acceptors (Lipinski definition) is 5. The van der Waals surface area contributed by atoms with Crippen molar-refractivity contribution < 1.29 is 14.3 Å². The predicted octanol–water partition coefficient (Wildman–Crippen LogP) is 2.10. The molecule has 0 saturated carbocycles. The molecular weight excluding hydrogens is 320 g/mol. The van der Waals surface area contributed by atoms with E-state index in [1.165, 1.54) is 17.9 Å². The van der Waals surface area contributed by atoms with Gasteiger partial charge in [0.25, 0.3) is 17.4 Å². The quantitative estimate of drug-likeness (QED) is 0.866. The first-order chi connectivity index (χ1) is 12.0. The molecule has 1 aliphatic rings. The minimum Gasteiger partial charge on any atom is -0.464 e. The van der Waals surface area contributed by atoms with Gasteiger partial charge in [-0.05, 0) is 44.2 Å². The number of nitriles is 1. The number of likely N-dealkylation sites (N-methyl/N-ethyl adjacent to an activating group) is 1. The van der Waals surface area contributed by atoms with E-state index in [4.69, 9.17) is 10.00 Å². The molecule has 0 aliphatic carbocycles. The summed E-state index contributed by atoms with van der Waals surface area (Å²) in [5.74, 6) is -0.338. The Labute approximate surface area is 144 Å². The Balaban J connectivity index is 1.93. The fourth-order valence-corrected chi connectivity index (χ4v) is 2.64. The Morgan fingerprint density at radius 3 is 2.92 bits per heavy atom. The second-order valence-corrected chi connectivity index (χ2v) is 5.66. The van der Waals surface area contributed by atoms with Crippen LogP contribution in [0.5, 0.6) is 5.75 Å². The average molecular weight is 336 g/mol. The number of anilines is 2. The first kappa shape index (κ1) is 16.5. The number of rotatable bonds is 3. The van der Waals surface area contributed by atoms with Gasteiger partial charge < -0.3 is 10.1 Å². The van der Waals surface area contributed by atoms with Crippen molar-refractivity contribution in [3.63, 3.8) is 0 Å². The summed E-state index contributed by atoms with van der Waals surface area (Å²) in [7, 11) is 0. The van der Waals surface area contributed by atoms with E-state index in [9.17, 15) is 9.59 Å². The molecule has 3 rings (SSSR count). The smallest absolute Gasteiger partial charge is 0.282 e. The van der Waals surface area contributed by atoms with Gasteiger partial charge in [0.1, 0.15) is 0 Å². The van der Waals surface area contributed by atoms with Crippen molar-refractivity contribution in [2.45, 2.75) is 19.4 Å². The number of amides is 2. The zero-order valence-electron chi connectivity index (χ0n) is 13.8. The van der Waals surface area contributed by atoms with Crippen LogP contribution in [0.25, 0.3) is 0 Å². The SMILES string of the molecule is CCN1C(=O)C(C)(C(=O)Nc2cccc(C#N)c2)Oc2cccnc21. The number of fused-ring (bicyclic) bond motifs is 1. The summed E-state index contributed by atoms with van der Waals surface area (Å²) in [6.45, 7) is 3.59. The van der Waals surface area contributed by atoms with Crippen LogP contribution in [0.15, 0.2) is 42.6 Å². The van der Waals surface area contributed by atoms with Crippen molar-refractivity contribution in [1.82, 2.24) is 4.98 Å². The summed E-state index contributed by atoms with van der Waals surface area (Å²) >= 11 is 0. The highest BCUT2D eigenvalue weighted by atomic mass is 16.5. The average Bonchev–Trinajstić information content (AvgIpc) is 2.63. The van der Waals surface area contributed by atoms with Gasteiger partial charge in [-0.1, -0.05) is 6.07 Å². The molecule has 2 aromatic rings. The minimum absolute atomic E-state index is 0.360. The fourth-order valence-electron chi connectivity index (χ4n) is 2.64. The second-order valence-electron chi connectivity index (χ2n) is 5.66. The summed E-state index contributed by atoms with van der Waals surface area (Å²) in [5, 5.41) is 11.6. The predicted molar refractivity (Wildman–Crippen MR) is 91.1 cm³/mol. The van der Waals surface area contributed by atoms with Crippen LogP contribution < -0.4 is 15.0 Å². The Hall–Kier alpha value is -3.40. The highest BCUT2D eigenvalue weighted by Crippen LogP contribution is 2.36. The normalized spacial score (nSPS) is 18.8. The number of benzene rings is 1. The highest BCUT2D eigenvalue weighted by Gasteiger charge is 2.50. The van der Waals surface area contributed by atoms with E-state index in [0.717, 1.165) is 0 Å². The summed E-state index contributed by atoms with van der Waals surface area (Å²) in [4.78, 5) is 31.2. The summed E-state index contributed by atoms with van der Waals surface area (Å²) in [5.41, 5.74) is -0.903. The van der Waals surface area contributed by atoms with Crippen molar-refractivity contribution in [3.8, 4) is 11.8 Å². The van der Waals surface area contributed by atoms with Crippen LogP contribution in [-0.4, -0.2) is 28.9 Å². The molecule has 1 aromatic carbocycles. The van der Waals surface area contributed by atoms with E-state index in [1.807, 2.05) is 6.07 Å². The fraction of sp³-hybridized carbons (Fsp3) is 0.222. The maximum absolute atomic E-state index is 12.8. The van der Waals surface area contributed by atoms with Gasteiger partial charge >= 0.3 is 0 Å². The van der Waals surface area contributed by atoms with Crippen LogP contribution in [0.2, 0.25) is 0 Å². The van der Waals surface area contributed by atoms with Gasteiger partial charge in [0, 0.05) is 18.4 Å². The van der Waals surface area contributed by atoms with E-state index in [2.05, 4.69) is 10.3 Å². The van der Waals surface area contributed by atoms with Gasteiger partial charge in [-0.25, -0.2) is 4.98 Å².